The largest absolute Gasteiger partial charge is 0.271 e. The minimum absolute atomic E-state index is 0.226. The molecule has 4 aromatic rings. The van der Waals surface area contributed by atoms with Gasteiger partial charge in [-0.2, -0.15) is 9.67 Å². The van der Waals surface area contributed by atoms with Gasteiger partial charge in [-0.1, -0.05) is 41.6 Å². The van der Waals surface area contributed by atoms with E-state index in [1.807, 2.05) is 25.1 Å². The maximum Gasteiger partial charge on any atom is 0.271 e. The van der Waals surface area contributed by atoms with Crippen LogP contribution in [0.3, 0.4) is 0 Å². The molecule has 0 amide bonds. The second-order valence-electron chi connectivity index (χ2n) is 6.77. The number of nitrogens with zero attached hydrogens (tertiary/aromatic N) is 6. The van der Waals surface area contributed by atoms with Crippen molar-refractivity contribution in [3.63, 3.8) is 0 Å². The molecule has 0 saturated carbocycles. The van der Waals surface area contributed by atoms with Crippen LogP contribution in [-0.2, 0) is 0 Å². The summed E-state index contributed by atoms with van der Waals surface area (Å²) in [6, 6.07) is 16.8. The van der Waals surface area contributed by atoms with Gasteiger partial charge in [0.2, 0.25) is 0 Å². The zero-order chi connectivity index (χ0) is 17.0. The first-order valence-electron chi connectivity index (χ1n) is 8.54. The highest BCUT2D eigenvalue weighted by molar-refractivity contribution is 6.12. The Hall–Kier alpha value is -2.96. The lowest BCUT2D eigenvalue weighted by Gasteiger charge is -2.11. The molecule has 2 atom stereocenters. The van der Waals surface area contributed by atoms with Gasteiger partial charge < -0.3 is 0 Å². The van der Waals surface area contributed by atoms with Gasteiger partial charge in [0.15, 0.2) is 0 Å². The first-order chi connectivity index (χ1) is 12.2. The number of aromatic nitrogens is 6. The molecule has 0 fully saturated rings. The van der Waals surface area contributed by atoms with E-state index in [0.717, 1.165) is 28.8 Å². The molecular formula is C18H17BN6. The normalized spacial score (nSPS) is 19.4. The summed E-state index contributed by atoms with van der Waals surface area (Å²) >= 11 is 0. The third-order valence-corrected chi connectivity index (χ3v) is 4.93. The van der Waals surface area contributed by atoms with Crippen LogP contribution in [0.2, 0.25) is 0 Å². The number of aryl methyl sites for hydroxylation is 1. The zero-order valence-corrected chi connectivity index (χ0v) is 14.2. The first kappa shape index (κ1) is 14.4. The Morgan fingerprint density at radius 2 is 1.96 bits per heavy atom. The van der Waals surface area contributed by atoms with Gasteiger partial charge in [-0.05, 0) is 42.4 Å². The summed E-state index contributed by atoms with van der Waals surface area (Å²) in [5, 5.41) is 13.3. The van der Waals surface area contributed by atoms with E-state index >= 15 is 0 Å². The lowest BCUT2D eigenvalue weighted by atomic mass is 9.83. The summed E-state index contributed by atoms with van der Waals surface area (Å²) in [6.45, 7) is 2.05. The fourth-order valence-electron chi connectivity index (χ4n) is 3.65. The van der Waals surface area contributed by atoms with Crippen LogP contribution < -0.4 is 0 Å². The molecule has 2 aromatic heterocycles. The van der Waals surface area contributed by atoms with Gasteiger partial charge in [-0.15, -0.1) is 10.2 Å². The molecule has 7 heteroatoms. The molecule has 1 aliphatic rings. The predicted molar refractivity (Wildman–Crippen MR) is 97.7 cm³/mol. The molecule has 0 spiro atoms. The molecule has 0 N–H and O–H groups in total. The average molecular weight is 328 g/mol. The minimum atomic E-state index is 0.226. The molecule has 0 saturated heterocycles. The van der Waals surface area contributed by atoms with Gasteiger partial charge >= 0.3 is 0 Å². The third kappa shape index (κ3) is 2.19. The van der Waals surface area contributed by atoms with Gasteiger partial charge in [0.05, 0.1) is 11.6 Å². The topological polar surface area (TPSA) is 61.4 Å². The number of rotatable bonds is 2. The number of hydrogen-bond acceptors (Lipinski definition) is 4. The Bertz CT molecular complexity index is 1070. The number of hydrogen-bond donors (Lipinski definition) is 0. The molecule has 6 nitrogen and oxygen atoms in total. The standard InChI is InChI=1S/C18H17BN6/c1-11-7-8-15-14(9-11)21-23-25(15)18-20-17-13(19)10-16(24(17)22-18)12-5-3-2-4-6-12/h2-9,13,16H,10,19H2,1H3. The molecular weight excluding hydrogens is 311 g/mol. The van der Waals surface area contributed by atoms with Crippen molar-refractivity contribution in [2.45, 2.75) is 25.2 Å². The summed E-state index contributed by atoms with van der Waals surface area (Å²) < 4.78 is 3.78. The maximum atomic E-state index is 4.78. The SMILES string of the molecule is BC1CC(c2ccccc2)n2nc(-n3nnc4cc(C)ccc43)nc21. The van der Waals surface area contributed by atoms with E-state index in [9.17, 15) is 0 Å². The molecule has 5 rings (SSSR count). The minimum Gasteiger partial charge on any atom is -0.241 e. The Morgan fingerprint density at radius 3 is 2.80 bits per heavy atom. The molecule has 3 heterocycles. The van der Waals surface area contributed by atoms with E-state index in [4.69, 9.17) is 10.1 Å². The lowest BCUT2D eigenvalue weighted by Crippen LogP contribution is -2.09. The summed E-state index contributed by atoms with van der Waals surface area (Å²) in [4.78, 5) is 4.77. The third-order valence-electron chi connectivity index (χ3n) is 4.93. The van der Waals surface area contributed by atoms with Crippen LogP contribution in [0.4, 0.5) is 0 Å². The van der Waals surface area contributed by atoms with E-state index in [2.05, 4.69) is 53.2 Å². The second kappa shape index (κ2) is 5.27. The number of fused-ring (bicyclic) bond motifs is 2. The summed E-state index contributed by atoms with van der Waals surface area (Å²) in [5.74, 6) is 1.97. The van der Waals surface area contributed by atoms with Gasteiger partial charge in [0.1, 0.15) is 19.2 Å². The molecule has 25 heavy (non-hydrogen) atoms. The Kier molecular flexibility index (Phi) is 3.04. The van der Waals surface area contributed by atoms with E-state index in [1.54, 1.807) is 4.68 Å². The van der Waals surface area contributed by atoms with Crippen molar-refractivity contribution in [3.05, 3.63) is 65.5 Å². The highest BCUT2D eigenvalue weighted by Gasteiger charge is 2.33. The van der Waals surface area contributed by atoms with Gasteiger partial charge in [-0.3, -0.25) is 0 Å². The van der Waals surface area contributed by atoms with Crippen LogP contribution in [0.1, 0.15) is 35.2 Å². The van der Waals surface area contributed by atoms with E-state index in [-0.39, 0.29) is 6.04 Å². The maximum absolute atomic E-state index is 4.78. The molecule has 0 aliphatic carbocycles. The van der Waals surface area contributed by atoms with E-state index in [0.29, 0.717) is 11.8 Å². The molecule has 2 unspecified atom stereocenters. The van der Waals surface area contributed by atoms with Crippen molar-refractivity contribution in [1.82, 2.24) is 29.8 Å². The molecule has 1 aliphatic heterocycles. The Labute approximate surface area is 145 Å². The van der Waals surface area contributed by atoms with Crippen LogP contribution in [-0.4, -0.2) is 37.6 Å². The predicted octanol–water partition coefficient (Wildman–Crippen LogP) is 1.99. The van der Waals surface area contributed by atoms with Crippen LogP contribution in [0.25, 0.3) is 17.0 Å². The van der Waals surface area contributed by atoms with Gasteiger partial charge in [0, 0.05) is 0 Å². The average Bonchev–Trinajstić information content (AvgIpc) is 3.30. The van der Waals surface area contributed by atoms with Crippen LogP contribution in [0.15, 0.2) is 48.5 Å². The zero-order valence-electron chi connectivity index (χ0n) is 14.2. The molecule has 0 bridgehead atoms. The fourth-order valence-corrected chi connectivity index (χ4v) is 3.65. The lowest BCUT2D eigenvalue weighted by molar-refractivity contribution is 0.547. The van der Waals surface area contributed by atoms with Crippen molar-refractivity contribution in [2.24, 2.45) is 0 Å². The molecule has 0 radical (unpaired) electrons. The molecule has 2 aromatic carbocycles. The van der Waals surface area contributed by atoms with Crippen molar-refractivity contribution < 1.29 is 0 Å². The van der Waals surface area contributed by atoms with Crippen molar-refractivity contribution in [2.75, 3.05) is 0 Å². The summed E-state index contributed by atoms with van der Waals surface area (Å²) in [7, 11) is 2.20. The highest BCUT2D eigenvalue weighted by Crippen LogP contribution is 2.37. The summed E-state index contributed by atoms with van der Waals surface area (Å²) in [6.07, 6.45) is 1.02. The smallest absolute Gasteiger partial charge is 0.241 e. The van der Waals surface area contributed by atoms with E-state index < -0.39 is 0 Å². The monoisotopic (exact) mass is 328 g/mol. The Balaban J connectivity index is 1.62. The van der Waals surface area contributed by atoms with Gasteiger partial charge in [0.25, 0.3) is 5.95 Å². The highest BCUT2D eigenvalue weighted by atomic mass is 15.5. The van der Waals surface area contributed by atoms with Crippen LogP contribution in [0.5, 0.6) is 0 Å². The summed E-state index contributed by atoms with van der Waals surface area (Å²) in [5.41, 5.74) is 4.22. The van der Waals surface area contributed by atoms with Gasteiger partial charge in [-0.25, -0.2) is 4.68 Å². The van der Waals surface area contributed by atoms with Crippen LogP contribution in [0, 0.1) is 6.92 Å². The van der Waals surface area contributed by atoms with Crippen molar-refractivity contribution >= 4 is 18.9 Å². The first-order valence-corrected chi connectivity index (χ1v) is 8.54. The van der Waals surface area contributed by atoms with E-state index in [1.165, 1.54) is 5.56 Å². The quantitative estimate of drug-likeness (QED) is 0.528. The second-order valence-corrected chi connectivity index (χ2v) is 6.77. The molecule has 122 valence electrons. The van der Waals surface area contributed by atoms with Crippen LogP contribution >= 0.6 is 0 Å². The fraction of sp³-hybridized carbons (Fsp3) is 0.222. The van der Waals surface area contributed by atoms with Crippen molar-refractivity contribution in [1.29, 1.82) is 0 Å². The number of benzene rings is 2. The Morgan fingerprint density at radius 1 is 1.12 bits per heavy atom. The van der Waals surface area contributed by atoms with Crippen molar-refractivity contribution in [3.8, 4) is 5.95 Å².